The van der Waals surface area contributed by atoms with Crippen LogP contribution < -0.4 is 10.6 Å². The van der Waals surface area contributed by atoms with Gasteiger partial charge in [-0.25, -0.2) is 18.2 Å². The monoisotopic (exact) mass is 392 g/mol. The molecule has 8 heteroatoms. The smallest absolute Gasteiger partial charge is 0.246 e. The molecule has 0 aliphatic heterocycles. The average molecular weight is 392 g/mol. The molecule has 0 aromatic heterocycles. The van der Waals surface area contributed by atoms with Crippen LogP contribution in [-0.2, 0) is 11.3 Å². The van der Waals surface area contributed by atoms with Gasteiger partial charge in [-0.2, -0.15) is 0 Å². The van der Waals surface area contributed by atoms with E-state index in [2.05, 4.69) is 15.6 Å². The molecule has 0 radical (unpaired) electrons. The van der Waals surface area contributed by atoms with E-state index in [1.165, 1.54) is 0 Å². The van der Waals surface area contributed by atoms with E-state index in [9.17, 15) is 18.0 Å². The number of amides is 1. The van der Waals surface area contributed by atoms with Gasteiger partial charge in [-0.1, -0.05) is 24.3 Å². The maximum absolute atomic E-state index is 13.7. The molecule has 0 bridgehead atoms. The van der Waals surface area contributed by atoms with Crippen molar-refractivity contribution in [2.45, 2.75) is 20.4 Å². The number of anilines is 1. The number of carbonyl (C=O) groups excluding carboxylic acids is 1. The van der Waals surface area contributed by atoms with E-state index in [4.69, 9.17) is 0 Å². The highest BCUT2D eigenvalue weighted by atomic mass is 19.2. The molecule has 2 rings (SSSR count). The van der Waals surface area contributed by atoms with Gasteiger partial charge in [-0.3, -0.25) is 4.79 Å². The molecule has 2 N–H and O–H groups in total. The molecule has 0 fully saturated rings. The average Bonchev–Trinajstić information content (AvgIpc) is 2.67. The van der Waals surface area contributed by atoms with Crippen molar-refractivity contribution in [3.63, 3.8) is 0 Å². The Hall–Kier alpha value is -3.03. The Morgan fingerprint density at radius 1 is 1.11 bits per heavy atom. The standard InChI is InChI=1S/C20H23F3N4O/c1-4-24-20(27(3)12-14-8-6-5-7-13(14)2)25-11-17(28)26-16-10-9-15(21)18(22)19(16)23/h5-10H,4,11-12H2,1-3H3,(H,24,25)(H,26,28). The largest absolute Gasteiger partial charge is 0.357 e. The van der Waals surface area contributed by atoms with Crippen LogP contribution in [0.15, 0.2) is 41.4 Å². The van der Waals surface area contributed by atoms with Crippen LogP contribution in [0.2, 0.25) is 0 Å². The third-order valence-electron chi connectivity index (χ3n) is 4.05. The molecule has 0 atom stereocenters. The van der Waals surface area contributed by atoms with E-state index in [-0.39, 0.29) is 6.54 Å². The fraction of sp³-hybridized carbons (Fsp3) is 0.300. The zero-order chi connectivity index (χ0) is 20.7. The first kappa shape index (κ1) is 21.3. The van der Waals surface area contributed by atoms with Crippen LogP contribution >= 0.6 is 0 Å². The number of nitrogens with zero attached hydrogens (tertiary/aromatic N) is 2. The third-order valence-corrected chi connectivity index (χ3v) is 4.05. The molecule has 28 heavy (non-hydrogen) atoms. The minimum absolute atomic E-state index is 0.307. The van der Waals surface area contributed by atoms with Crippen LogP contribution in [0.3, 0.4) is 0 Å². The number of halogens is 3. The molecule has 2 aromatic rings. The van der Waals surface area contributed by atoms with Crippen molar-refractivity contribution in [3.8, 4) is 0 Å². The number of aliphatic imine (C=N–C) groups is 1. The predicted octanol–water partition coefficient (Wildman–Crippen LogP) is 3.45. The topological polar surface area (TPSA) is 56.7 Å². The van der Waals surface area contributed by atoms with Gasteiger partial charge in [0.25, 0.3) is 0 Å². The van der Waals surface area contributed by atoms with Crippen molar-refractivity contribution >= 4 is 17.6 Å². The minimum Gasteiger partial charge on any atom is -0.357 e. The maximum atomic E-state index is 13.7. The first-order valence-corrected chi connectivity index (χ1v) is 8.80. The lowest BCUT2D eigenvalue weighted by molar-refractivity contribution is -0.114. The number of hydrogen-bond donors (Lipinski definition) is 2. The zero-order valence-electron chi connectivity index (χ0n) is 16.0. The Balaban J connectivity index is 2.06. The highest BCUT2D eigenvalue weighted by molar-refractivity contribution is 5.94. The van der Waals surface area contributed by atoms with Crippen molar-refractivity contribution in [2.75, 3.05) is 25.5 Å². The molecule has 2 aromatic carbocycles. The van der Waals surface area contributed by atoms with Crippen molar-refractivity contribution < 1.29 is 18.0 Å². The Morgan fingerprint density at radius 3 is 2.50 bits per heavy atom. The summed E-state index contributed by atoms with van der Waals surface area (Å²) >= 11 is 0. The molecule has 0 aliphatic carbocycles. The molecule has 150 valence electrons. The lowest BCUT2D eigenvalue weighted by atomic mass is 10.1. The van der Waals surface area contributed by atoms with Gasteiger partial charge in [0.15, 0.2) is 23.4 Å². The summed E-state index contributed by atoms with van der Waals surface area (Å²) in [5.74, 6) is -4.55. The maximum Gasteiger partial charge on any atom is 0.246 e. The van der Waals surface area contributed by atoms with Crippen LogP contribution in [0.25, 0.3) is 0 Å². The van der Waals surface area contributed by atoms with Crippen LogP contribution in [0, 0.1) is 24.4 Å². The second-order valence-electron chi connectivity index (χ2n) is 6.22. The van der Waals surface area contributed by atoms with Gasteiger partial charge >= 0.3 is 0 Å². The molecule has 0 unspecified atom stereocenters. The Labute approximate surface area is 162 Å². The SMILES string of the molecule is CCNC(=NCC(=O)Nc1ccc(F)c(F)c1F)N(C)Cc1ccccc1C. The number of guanidine groups is 1. The molecular formula is C20H23F3N4O. The van der Waals surface area contributed by atoms with Crippen LogP contribution in [0.5, 0.6) is 0 Å². The Kier molecular flexibility index (Phi) is 7.43. The fourth-order valence-electron chi connectivity index (χ4n) is 2.55. The van der Waals surface area contributed by atoms with E-state index in [0.29, 0.717) is 19.0 Å². The number of hydrogen-bond acceptors (Lipinski definition) is 2. The van der Waals surface area contributed by atoms with Gasteiger partial charge in [0.2, 0.25) is 5.91 Å². The van der Waals surface area contributed by atoms with Gasteiger partial charge < -0.3 is 15.5 Å². The molecule has 5 nitrogen and oxygen atoms in total. The molecule has 0 saturated carbocycles. The van der Waals surface area contributed by atoms with E-state index in [1.807, 2.05) is 50.1 Å². The normalized spacial score (nSPS) is 11.3. The highest BCUT2D eigenvalue weighted by Crippen LogP contribution is 2.19. The number of carbonyl (C=O) groups is 1. The van der Waals surface area contributed by atoms with Gasteiger partial charge in [0.1, 0.15) is 6.54 Å². The third kappa shape index (κ3) is 5.48. The van der Waals surface area contributed by atoms with Crippen molar-refractivity contribution in [1.29, 1.82) is 0 Å². The molecule has 0 spiro atoms. The van der Waals surface area contributed by atoms with Crippen molar-refractivity contribution in [3.05, 3.63) is 65.0 Å². The van der Waals surface area contributed by atoms with Crippen LogP contribution in [0.1, 0.15) is 18.1 Å². The molecule has 0 aliphatic rings. The second kappa shape index (κ2) is 9.77. The first-order valence-electron chi connectivity index (χ1n) is 8.80. The summed E-state index contributed by atoms with van der Waals surface area (Å²) < 4.78 is 39.9. The molecule has 1 amide bonds. The number of benzene rings is 2. The van der Waals surface area contributed by atoms with E-state index >= 15 is 0 Å². The Bertz CT molecular complexity index is 871. The summed E-state index contributed by atoms with van der Waals surface area (Å²) in [5.41, 5.74) is 1.82. The van der Waals surface area contributed by atoms with Crippen LogP contribution in [0.4, 0.5) is 18.9 Å². The van der Waals surface area contributed by atoms with Crippen molar-refractivity contribution in [1.82, 2.24) is 10.2 Å². The van der Waals surface area contributed by atoms with Gasteiger partial charge in [0.05, 0.1) is 5.69 Å². The van der Waals surface area contributed by atoms with Gasteiger partial charge in [-0.15, -0.1) is 0 Å². The van der Waals surface area contributed by atoms with E-state index in [0.717, 1.165) is 23.3 Å². The number of rotatable bonds is 6. The zero-order valence-corrected chi connectivity index (χ0v) is 16.0. The quantitative estimate of drug-likeness (QED) is 0.450. The summed E-state index contributed by atoms with van der Waals surface area (Å²) in [5, 5.41) is 5.28. The summed E-state index contributed by atoms with van der Waals surface area (Å²) in [6.45, 7) is 4.78. The van der Waals surface area contributed by atoms with Crippen LogP contribution in [-0.4, -0.2) is 36.9 Å². The van der Waals surface area contributed by atoms with Gasteiger partial charge in [-0.05, 0) is 37.1 Å². The second-order valence-corrected chi connectivity index (χ2v) is 6.22. The Morgan fingerprint density at radius 2 is 1.82 bits per heavy atom. The predicted molar refractivity (Wildman–Crippen MR) is 104 cm³/mol. The van der Waals surface area contributed by atoms with Crippen molar-refractivity contribution in [2.24, 2.45) is 4.99 Å². The van der Waals surface area contributed by atoms with Gasteiger partial charge in [0, 0.05) is 20.1 Å². The highest BCUT2D eigenvalue weighted by Gasteiger charge is 2.15. The fourth-order valence-corrected chi connectivity index (χ4v) is 2.55. The first-order chi connectivity index (χ1) is 13.3. The lowest BCUT2D eigenvalue weighted by Crippen LogP contribution is -2.39. The number of nitrogens with one attached hydrogen (secondary N) is 2. The molecular weight excluding hydrogens is 369 g/mol. The minimum atomic E-state index is -1.63. The lowest BCUT2D eigenvalue weighted by Gasteiger charge is -2.23. The molecule has 0 heterocycles. The number of aryl methyl sites for hydroxylation is 1. The van der Waals surface area contributed by atoms with E-state index in [1.54, 1.807) is 0 Å². The molecule has 0 saturated heterocycles. The summed E-state index contributed by atoms with van der Waals surface area (Å²) in [6.07, 6.45) is 0. The summed E-state index contributed by atoms with van der Waals surface area (Å²) in [4.78, 5) is 18.1. The summed E-state index contributed by atoms with van der Waals surface area (Å²) in [7, 11) is 1.83. The summed E-state index contributed by atoms with van der Waals surface area (Å²) in [6, 6.07) is 9.64. The van der Waals surface area contributed by atoms with E-state index < -0.39 is 29.0 Å².